The summed E-state index contributed by atoms with van der Waals surface area (Å²) in [4.78, 5) is 31.1. The van der Waals surface area contributed by atoms with Crippen molar-refractivity contribution in [1.82, 2.24) is 9.55 Å². The van der Waals surface area contributed by atoms with Crippen LogP contribution < -0.4 is 5.56 Å². The Hall–Kier alpha value is -4.31. The predicted octanol–water partition coefficient (Wildman–Crippen LogP) is 5.26. The van der Waals surface area contributed by atoms with Crippen LogP contribution in [0.1, 0.15) is 16.2 Å². The van der Waals surface area contributed by atoms with Gasteiger partial charge in [-0.05, 0) is 46.5 Å². The fourth-order valence-corrected chi connectivity index (χ4v) is 4.22. The van der Waals surface area contributed by atoms with Crippen molar-refractivity contribution in [3.05, 3.63) is 119 Å². The van der Waals surface area contributed by atoms with Crippen LogP contribution in [0.2, 0.25) is 0 Å². The molecule has 0 fully saturated rings. The zero-order valence-corrected chi connectivity index (χ0v) is 16.4. The van der Waals surface area contributed by atoms with Gasteiger partial charge in [0.15, 0.2) is 5.82 Å². The average molecular weight is 400 g/mol. The van der Waals surface area contributed by atoms with Crippen molar-refractivity contribution in [1.29, 1.82) is 0 Å². The number of carbonyl (C=O) groups is 1. The fraction of sp³-hybridized carbons (Fsp3) is 0. The van der Waals surface area contributed by atoms with Crippen LogP contribution in [0.5, 0.6) is 0 Å². The third kappa shape index (κ3) is 2.66. The second kappa shape index (κ2) is 6.61. The number of benzene rings is 4. The third-order valence-corrected chi connectivity index (χ3v) is 5.77. The van der Waals surface area contributed by atoms with E-state index in [4.69, 9.17) is 0 Å². The summed E-state index contributed by atoms with van der Waals surface area (Å²) >= 11 is 0. The summed E-state index contributed by atoms with van der Waals surface area (Å²) in [6.45, 7) is 0. The molecule has 0 radical (unpaired) electrons. The molecule has 0 saturated heterocycles. The van der Waals surface area contributed by atoms with Crippen molar-refractivity contribution < 1.29 is 4.79 Å². The lowest BCUT2D eigenvalue weighted by Gasteiger charge is -2.08. The number of hydrogen-bond acceptors (Lipinski definition) is 3. The molecule has 5 aromatic rings. The van der Waals surface area contributed by atoms with E-state index in [1.165, 1.54) is 4.57 Å². The number of nitrogens with zero attached hydrogens (tertiary/aromatic N) is 2. The largest absolute Gasteiger partial charge is 0.285 e. The normalized spacial score (nSPS) is 12.1. The van der Waals surface area contributed by atoms with E-state index in [2.05, 4.69) is 4.98 Å². The van der Waals surface area contributed by atoms with Gasteiger partial charge in [-0.2, -0.15) is 0 Å². The molecule has 0 aliphatic carbocycles. The standard InChI is InChI=1S/C27H16N2O2/c30-25-22-16-20(18-9-5-2-6-10-18)12-14-24(22)29-26(25)28-23-13-11-19(15-21(23)27(29)31)17-7-3-1-4-8-17/h1-16H. The Morgan fingerprint density at radius 3 is 1.90 bits per heavy atom. The number of ketones is 1. The van der Waals surface area contributed by atoms with Crippen molar-refractivity contribution in [3.8, 4) is 27.9 Å². The van der Waals surface area contributed by atoms with Gasteiger partial charge in [0.1, 0.15) is 0 Å². The summed E-state index contributed by atoms with van der Waals surface area (Å²) in [5.41, 5.74) is 5.32. The Bertz CT molecular complexity index is 1550. The van der Waals surface area contributed by atoms with Crippen LogP contribution in [-0.2, 0) is 0 Å². The quantitative estimate of drug-likeness (QED) is 0.398. The lowest BCUT2D eigenvalue weighted by molar-refractivity contribution is 0.103. The minimum atomic E-state index is -0.225. The molecule has 0 unspecified atom stereocenters. The third-order valence-electron chi connectivity index (χ3n) is 5.77. The summed E-state index contributed by atoms with van der Waals surface area (Å²) in [6, 6.07) is 31.0. The molecule has 0 N–H and O–H groups in total. The second-order valence-electron chi connectivity index (χ2n) is 7.60. The molecule has 0 amide bonds. The Labute approximate surface area is 178 Å². The Morgan fingerprint density at radius 1 is 0.613 bits per heavy atom. The second-order valence-corrected chi connectivity index (χ2v) is 7.60. The topological polar surface area (TPSA) is 52.0 Å². The molecule has 4 aromatic carbocycles. The first-order valence-electron chi connectivity index (χ1n) is 10.1. The lowest BCUT2D eigenvalue weighted by atomic mass is 10.0. The maximum Gasteiger partial charge on any atom is 0.266 e. The van der Waals surface area contributed by atoms with Crippen LogP contribution in [0.25, 0.3) is 38.8 Å². The molecule has 6 rings (SSSR count). The van der Waals surface area contributed by atoms with Crippen LogP contribution in [0, 0.1) is 0 Å². The van der Waals surface area contributed by atoms with Crippen LogP contribution >= 0.6 is 0 Å². The van der Waals surface area contributed by atoms with Gasteiger partial charge < -0.3 is 0 Å². The zero-order chi connectivity index (χ0) is 20.9. The molecule has 1 aliphatic rings. The van der Waals surface area contributed by atoms with Crippen LogP contribution in [0.4, 0.5) is 0 Å². The molecule has 2 heterocycles. The maximum absolute atomic E-state index is 13.4. The molecule has 4 nitrogen and oxygen atoms in total. The van der Waals surface area contributed by atoms with E-state index in [0.717, 1.165) is 22.3 Å². The van der Waals surface area contributed by atoms with Crippen molar-refractivity contribution in [3.63, 3.8) is 0 Å². The van der Waals surface area contributed by atoms with E-state index < -0.39 is 0 Å². The Balaban J connectivity index is 1.55. The molecule has 1 aliphatic heterocycles. The predicted molar refractivity (Wildman–Crippen MR) is 122 cm³/mol. The summed E-state index contributed by atoms with van der Waals surface area (Å²) < 4.78 is 1.45. The van der Waals surface area contributed by atoms with Crippen molar-refractivity contribution >= 4 is 16.7 Å². The van der Waals surface area contributed by atoms with Gasteiger partial charge in [0.05, 0.1) is 22.2 Å². The van der Waals surface area contributed by atoms with Crippen molar-refractivity contribution in [2.24, 2.45) is 0 Å². The number of rotatable bonds is 2. The minimum Gasteiger partial charge on any atom is -0.285 e. The van der Waals surface area contributed by atoms with Crippen molar-refractivity contribution in [2.45, 2.75) is 0 Å². The fourth-order valence-electron chi connectivity index (χ4n) is 4.22. The van der Waals surface area contributed by atoms with Gasteiger partial charge in [-0.25, -0.2) is 4.98 Å². The van der Waals surface area contributed by atoms with Gasteiger partial charge in [0.2, 0.25) is 5.78 Å². The highest BCUT2D eigenvalue weighted by atomic mass is 16.1. The zero-order valence-electron chi connectivity index (χ0n) is 16.4. The van der Waals surface area contributed by atoms with E-state index in [-0.39, 0.29) is 17.2 Å². The van der Waals surface area contributed by atoms with E-state index in [9.17, 15) is 9.59 Å². The number of carbonyl (C=O) groups excluding carboxylic acids is 1. The Morgan fingerprint density at radius 2 is 1.23 bits per heavy atom. The first-order valence-corrected chi connectivity index (χ1v) is 10.1. The summed E-state index contributed by atoms with van der Waals surface area (Å²) in [5, 5.41) is 0.498. The summed E-state index contributed by atoms with van der Waals surface area (Å²) in [5.74, 6) is -0.0518. The van der Waals surface area contributed by atoms with E-state index >= 15 is 0 Å². The number of hydrogen-bond donors (Lipinski definition) is 0. The number of aromatic nitrogens is 2. The van der Waals surface area contributed by atoms with E-state index in [1.54, 1.807) is 0 Å². The van der Waals surface area contributed by atoms with Gasteiger partial charge in [-0.15, -0.1) is 0 Å². The molecule has 1 aromatic heterocycles. The van der Waals surface area contributed by atoms with Gasteiger partial charge >= 0.3 is 0 Å². The first kappa shape index (κ1) is 17.5. The van der Waals surface area contributed by atoms with Gasteiger partial charge in [0, 0.05) is 0 Å². The minimum absolute atomic E-state index is 0.171. The average Bonchev–Trinajstić information content (AvgIpc) is 3.11. The van der Waals surface area contributed by atoms with Crippen LogP contribution in [0.15, 0.2) is 102 Å². The van der Waals surface area contributed by atoms with Crippen molar-refractivity contribution in [2.75, 3.05) is 0 Å². The molecule has 0 spiro atoms. The molecule has 0 bridgehead atoms. The first-order chi connectivity index (χ1) is 15.2. The highest BCUT2D eigenvalue weighted by Crippen LogP contribution is 2.31. The molecule has 0 saturated carbocycles. The highest BCUT2D eigenvalue weighted by molar-refractivity contribution is 6.14. The van der Waals surface area contributed by atoms with Crippen LogP contribution in [-0.4, -0.2) is 15.3 Å². The molecule has 0 atom stereocenters. The molecular formula is C27H16N2O2. The molecule has 146 valence electrons. The molecular weight excluding hydrogens is 384 g/mol. The summed E-state index contributed by atoms with van der Waals surface area (Å²) in [6.07, 6.45) is 0. The van der Waals surface area contributed by atoms with Crippen LogP contribution in [0.3, 0.4) is 0 Å². The van der Waals surface area contributed by atoms with Gasteiger partial charge in [-0.1, -0.05) is 72.8 Å². The van der Waals surface area contributed by atoms with Gasteiger partial charge in [0.25, 0.3) is 5.56 Å². The molecule has 31 heavy (non-hydrogen) atoms. The highest BCUT2D eigenvalue weighted by Gasteiger charge is 2.30. The van der Waals surface area contributed by atoms with Gasteiger partial charge in [-0.3, -0.25) is 14.2 Å². The maximum atomic E-state index is 13.4. The van der Waals surface area contributed by atoms with E-state index in [1.807, 2.05) is 97.1 Å². The smallest absolute Gasteiger partial charge is 0.266 e. The SMILES string of the molecule is O=C1c2cc(-c3ccccc3)ccc2-n2c1nc1ccc(-c3ccccc3)cc1c2=O. The van der Waals surface area contributed by atoms with E-state index in [0.29, 0.717) is 22.2 Å². The number of fused-ring (bicyclic) bond motifs is 4. The molecule has 4 heteroatoms. The summed E-state index contributed by atoms with van der Waals surface area (Å²) in [7, 11) is 0. The lowest BCUT2D eigenvalue weighted by Crippen LogP contribution is -2.21. The monoisotopic (exact) mass is 400 g/mol. The Kier molecular flexibility index (Phi) is 3.74.